The fraction of sp³-hybridized carbons (Fsp3) is 0.935. The Kier molecular flexibility index (Phi) is 37.9. The zero-order valence-electron chi connectivity index (χ0n) is 35.4. The fourth-order valence-corrected chi connectivity index (χ4v) is 6.75. The molecule has 308 valence electrons. The van der Waals surface area contributed by atoms with Crippen molar-refractivity contribution < 1.29 is 28.6 Å². The summed E-state index contributed by atoms with van der Waals surface area (Å²) >= 11 is 0. The predicted molar refractivity (Wildman–Crippen MR) is 220 cm³/mol. The second kappa shape index (κ2) is 39.1. The Balaban J connectivity index is 4.17. The lowest BCUT2D eigenvalue weighted by atomic mass is 10.0. The van der Waals surface area contributed by atoms with Crippen LogP contribution < -0.4 is 0 Å². The number of hydrogen-bond donors (Lipinski definition) is 0. The van der Waals surface area contributed by atoms with Gasteiger partial charge in [0.2, 0.25) is 0 Å². The van der Waals surface area contributed by atoms with E-state index in [0.717, 1.165) is 76.0 Å². The van der Waals surface area contributed by atoms with Crippen LogP contribution in [0.3, 0.4) is 0 Å². The van der Waals surface area contributed by atoms with E-state index >= 15 is 0 Å². The van der Waals surface area contributed by atoms with Crippen molar-refractivity contribution in [3.05, 3.63) is 0 Å². The Morgan fingerprint density at radius 1 is 0.365 bits per heavy atom. The van der Waals surface area contributed by atoms with Crippen LogP contribution in [0.1, 0.15) is 247 Å². The van der Waals surface area contributed by atoms with E-state index in [2.05, 4.69) is 34.6 Å². The van der Waals surface area contributed by atoms with E-state index < -0.39 is 6.10 Å². The summed E-state index contributed by atoms with van der Waals surface area (Å²) in [4.78, 5) is 37.5. The fourth-order valence-electron chi connectivity index (χ4n) is 6.75. The maximum atomic E-state index is 12.7. The van der Waals surface area contributed by atoms with E-state index in [1.165, 1.54) is 128 Å². The van der Waals surface area contributed by atoms with Crippen molar-refractivity contribution in [2.45, 2.75) is 253 Å². The van der Waals surface area contributed by atoms with Crippen molar-refractivity contribution in [2.75, 3.05) is 13.2 Å². The van der Waals surface area contributed by atoms with Crippen molar-refractivity contribution >= 4 is 17.9 Å². The zero-order chi connectivity index (χ0) is 38.3. The first-order valence-electron chi connectivity index (χ1n) is 22.7. The maximum absolute atomic E-state index is 12.7. The molecule has 0 saturated carbocycles. The van der Waals surface area contributed by atoms with Gasteiger partial charge in [0.15, 0.2) is 6.10 Å². The van der Waals surface area contributed by atoms with Crippen molar-refractivity contribution in [2.24, 2.45) is 11.8 Å². The van der Waals surface area contributed by atoms with Crippen LogP contribution in [0, 0.1) is 11.8 Å². The standard InChI is InChI=1S/C46H88O6/c1-6-7-8-24-31-36-44(47)50-39-43(52-46(49)38-33-28-23-19-15-14-17-21-26-30-35-42(4)5)40-51-45(48)37-32-27-22-18-13-11-9-10-12-16-20-25-29-34-41(2)3/h41-43H,6-40H2,1-5H3/t43-/m0/s1. The van der Waals surface area contributed by atoms with Crippen LogP contribution >= 0.6 is 0 Å². The third-order valence-corrected chi connectivity index (χ3v) is 10.2. The van der Waals surface area contributed by atoms with Gasteiger partial charge in [0.05, 0.1) is 0 Å². The first kappa shape index (κ1) is 50.4. The quantitative estimate of drug-likeness (QED) is 0.0354. The Bertz CT molecular complexity index is 794. The molecule has 0 N–H and O–H groups in total. The van der Waals surface area contributed by atoms with Crippen LogP contribution in [-0.4, -0.2) is 37.2 Å². The van der Waals surface area contributed by atoms with E-state index in [9.17, 15) is 14.4 Å². The molecule has 0 aromatic carbocycles. The Morgan fingerprint density at radius 2 is 0.635 bits per heavy atom. The highest BCUT2D eigenvalue weighted by atomic mass is 16.6. The Morgan fingerprint density at radius 3 is 0.942 bits per heavy atom. The molecule has 52 heavy (non-hydrogen) atoms. The van der Waals surface area contributed by atoms with Gasteiger partial charge in [-0.15, -0.1) is 0 Å². The summed E-state index contributed by atoms with van der Waals surface area (Å²) in [5, 5.41) is 0. The average molecular weight is 737 g/mol. The van der Waals surface area contributed by atoms with E-state index in [0.29, 0.717) is 19.3 Å². The summed E-state index contributed by atoms with van der Waals surface area (Å²) in [7, 11) is 0. The molecule has 0 fully saturated rings. The van der Waals surface area contributed by atoms with Gasteiger partial charge in [0.25, 0.3) is 0 Å². The number of rotatable bonds is 40. The smallest absolute Gasteiger partial charge is 0.306 e. The molecule has 0 aromatic rings. The van der Waals surface area contributed by atoms with Gasteiger partial charge in [0.1, 0.15) is 13.2 Å². The lowest BCUT2D eigenvalue weighted by molar-refractivity contribution is -0.167. The molecule has 0 saturated heterocycles. The summed E-state index contributed by atoms with van der Waals surface area (Å²) in [5.74, 6) is 0.785. The molecule has 0 bridgehead atoms. The normalized spacial score (nSPS) is 12.1. The monoisotopic (exact) mass is 737 g/mol. The number of unbranched alkanes of at least 4 members (excludes halogenated alkanes) is 25. The van der Waals surface area contributed by atoms with Crippen molar-refractivity contribution in [3.8, 4) is 0 Å². The molecule has 0 amide bonds. The first-order valence-corrected chi connectivity index (χ1v) is 22.7. The van der Waals surface area contributed by atoms with Crippen molar-refractivity contribution in [1.29, 1.82) is 0 Å². The number of carbonyl (C=O) groups excluding carboxylic acids is 3. The highest BCUT2D eigenvalue weighted by Gasteiger charge is 2.19. The molecule has 0 aliphatic rings. The lowest BCUT2D eigenvalue weighted by Crippen LogP contribution is -2.30. The topological polar surface area (TPSA) is 78.9 Å². The van der Waals surface area contributed by atoms with Gasteiger partial charge >= 0.3 is 17.9 Å². The zero-order valence-corrected chi connectivity index (χ0v) is 35.4. The molecule has 0 radical (unpaired) electrons. The van der Waals surface area contributed by atoms with Crippen LogP contribution in [0.15, 0.2) is 0 Å². The van der Waals surface area contributed by atoms with Crippen LogP contribution in [-0.2, 0) is 28.6 Å². The molecule has 6 nitrogen and oxygen atoms in total. The minimum atomic E-state index is -0.758. The minimum absolute atomic E-state index is 0.0657. The summed E-state index contributed by atoms with van der Waals surface area (Å²) in [6.07, 6.45) is 36.9. The van der Waals surface area contributed by atoms with Crippen molar-refractivity contribution in [1.82, 2.24) is 0 Å². The van der Waals surface area contributed by atoms with Crippen LogP contribution in [0.4, 0.5) is 0 Å². The predicted octanol–water partition coefficient (Wildman–Crippen LogP) is 14.2. The summed E-state index contributed by atoms with van der Waals surface area (Å²) in [6, 6.07) is 0. The van der Waals surface area contributed by atoms with Gasteiger partial charge < -0.3 is 14.2 Å². The number of carbonyl (C=O) groups is 3. The number of esters is 3. The van der Waals surface area contributed by atoms with Gasteiger partial charge in [-0.05, 0) is 31.1 Å². The molecule has 1 atom stereocenters. The average Bonchev–Trinajstić information content (AvgIpc) is 3.11. The molecule has 0 aliphatic heterocycles. The summed E-state index contributed by atoms with van der Waals surface area (Å²) in [5.41, 5.74) is 0. The van der Waals surface area contributed by atoms with Crippen LogP contribution in [0.5, 0.6) is 0 Å². The van der Waals surface area contributed by atoms with Crippen LogP contribution in [0.2, 0.25) is 0 Å². The molecule has 0 heterocycles. The molecule has 0 aliphatic carbocycles. The third-order valence-electron chi connectivity index (χ3n) is 10.2. The Hall–Kier alpha value is -1.59. The summed E-state index contributed by atoms with van der Waals surface area (Å²) < 4.78 is 16.6. The number of ether oxygens (including phenoxy) is 3. The third kappa shape index (κ3) is 39.6. The van der Waals surface area contributed by atoms with E-state index in [1.54, 1.807) is 0 Å². The van der Waals surface area contributed by atoms with E-state index in [4.69, 9.17) is 14.2 Å². The molecule has 0 unspecified atom stereocenters. The van der Waals surface area contributed by atoms with Gasteiger partial charge in [-0.1, -0.05) is 208 Å². The molecular weight excluding hydrogens is 649 g/mol. The van der Waals surface area contributed by atoms with Gasteiger partial charge in [-0.2, -0.15) is 0 Å². The maximum Gasteiger partial charge on any atom is 0.306 e. The first-order chi connectivity index (χ1) is 25.2. The SMILES string of the molecule is CCCCCCCC(=O)OC[C@@H](COC(=O)CCCCCCCCCCCCCCCC(C)C)OC(=O)CCCCCCCCCCCCC(C)C. The molecule has 0 aromatic heterocycles. The van der Waals surface area contributed by atoms with Crippen LogP contribution in [0.25, 0.3) is 0 Å². The molecule has 6 heteroatoms. The largest absolute Gasteiger partial charge is 0.462 e. The highest BCUT2D eigenvalue weighted by Crippen LogP contribution is 2.16. The second-order valence-corrected chi connectivity index (χ2v) is 16.6. The van der Waals surface area contributed by atoms with E-state index in [-0.39, 0.29) is 31.1 Å². The molecule has 0 rings (SSSR count). The minimum Gasteiger partial charge on any atom is -0.462 e. The highest BCUT2D eigenvalue weighted by molar-refractivity contribution is 5.71. The number of hydrogen-bond acceptors (Lipinski definition) is 6. The van der Waals surface area contributed by atoms with Gasteiger partial charge in [-0.25, -0.2) is 0 Å². The lowest BCUT2D eigenvalue weighted by Gasteiger charge is -2.18. The molecular formula is C46H88O6. The summed E-state index contributed by atoms with van der Waals surface area (Å²) in [6.45, 7) is 11.3. The molecule has 0 spiro atoms. The second-order valence-electron chi connectivity index (χ2n) is 16.6. The van der Waals surface area contributed by atoms with Gasteiger partial charge in [-0.3, -0.25) is 14.4 Å². The van der Waals surface area contributed by atoms with Gasteiger partial charge in [0, 0.05) is 19.3 Å². The Labute approximate surface area is 323 Å². The van der Waals surface area contributed by atoms with E-state index in [1.807, 2.05) is 0 Å². The van der Waals surface area contributed by atoms with Crippen molar-refractivity contribution in [3.63, 3.8) is 0 Å².